The van der Waals surface area contributed by atoms with Crippen molar-refractivity contribution in [3.05, 3.63) is 70.6 Å². The molecule has 0 fully saturated rings. The van der Waals surface area contributed by atoms with Gasteiger partial charge in [0, 0.05) is 17.0 Å². The number of rotatable bonds is 7. The molecule has 1 atom stereocenters. The maximum Gasteiger partial charge on any atom is 0.233 e. The van der Waals surface area contributed by atoms with Gasteiger partial charge >= 0.3 is 0 Å². The van der Waals surface area contributed by atoms with Crippen molar-refractivity contribution in [3.63, 3.8) is 0 Å². The van der Waals surface area contributed by atoms with E-state index in [9.17, 15) is 8.42 Å². The predicted molar refractivity (Wildman–Crippen MR) is 93.9 cm³/mol. The Morgan fingerprint density at radius 2 is 1.78 bits per heavy atom. The summed E-state index contributed by atoms with van der Waals surface area (Å²) in [6.45, 7) is 1.97. The Hall–Kier alpha value is -1.82. The summed E-state index contributed by atoms with van der Waals surface area (Å²) < 4.78 is 32.1. The zero-order valence-electron chi connectivity index (χ0n) is 12.6. The van der Waals surface area contributed by atoms with Gasteiger partial charge in [0.25, 0.3) is 0 Å². The van der Waals surface area contributed by atoms with Gasteiger partial charge in [0.05, 0.1) is 0 Å². The van der Waals surface area contributed by atoms with E-state index in [-0.39, 0.29) is 12.6 Å². The van der Waals surface area contributed by atoms with Gasteiger partial charge in [-0.1, -0.05) is 48.0 Å². The van der Waals surface area contributed by atoms with Gasteiger partial charge in [0.2, 0.25) is 10.0 Å². The molecule has 4 nitrogen and oxygen atoms in total. The Morgan fingerprint density at radius 1 is 1.13 bits per heavy atom. The fraction of sp³-hybridized carbons (Fsp3) is 0.176. The molecule has 0 aliphatic carbocycles. The summed E-state index contributed by atoms with van der Waals surface area (Å²) in [6.07, 6.45) is 1.17. The van der Waals surface area contributed by atoms with Crippen LogP contribution in [0.15, 0.2) is 60.0 Å². The number of benzene rings is 2. The topological polar surface area (TPSA) is 55.4 Å². The molecule has 0 amide bonds. The highest BCUT2D eigenvalue weighted by atomic mass is 35.5. The van der Waals surface area contributed by atoms with Gasteiger partial charge in [0.1, 0.15) is 11.9 Å². The number of halogens is 1. The summed E-state index contributed by atoms with van der Waals surface area (Å²) in [4.78, 5) is 0. The molecule has 0 saturated carbocycles. The van der Waals surface area contributed by atoms with Gasteiger partial charge in [-0.15, -0.1) is 0 Å². The first-order valence-corrected chi connectivity index (χ1v) is 9.03. The predicted octanol–water partition coefficient (Wildman–Crippen LogP) is 3.70. The van der Waals surface area contributed by atoms with Gasteiger partial charge < -0.3 is 4.74 Å². The molecule has 0 saturated heterocycles. The van der Waals surface area contributed by atoms with Gasteiger partial charge in [-0.2, -0.15) is 0 Å². The molecule has 1 N–H and O–H groups in total. The third-order valence-electron chi connectivity index (χ3n) is 2.98. The molecule has 23 heavy (non-hydrogen) atoms. The fourth-order valence-electron chi connectivity index (χ4n) is 1.83. The van der Waals surface area contributed by atoms with Crippen LogP contribution in [0.2, 0.25) is 5.02 Å². The molecule has 0 heterocycles. The van der Waals surface area contributed by atoms with E-state index in [1.54, 1.807) is 31.2 Å². The van der Waals surface area contributed by atoms with Crippen LogP contribution in [0.4, 0.5) is 0 Å². The molecule has 2 aromatic rings. The third kappa shape index (κ3) is 6.06. The monoisotopic (exact) mass is 351 g/mol. The maximum atomic E-state index is 12.0. The molecular weight excluding hydrogens is 334 g/mol. The van der Waals surface area contributed by atoms with Gasteiger partial charge in [-0.3, -0.25) is 0 Å². The van der Waals surface area contributed by atoms with E-state index in [1.807, 2.05) is 30.3 Å². The van der Waals surface area contributed by atoms with E-state index in [1.165, 1.54) is 6.08 Å². The van der Waals surface area contributed by atoms with E-state index >= 15 is 0 Å². The molecule has 122 valence electrons. The Balaban J connectivity index is 1.90. The minimum atomic E-state index is -3.55. The molecule has 0 spiro atoms. The van der Waals surface area contributed by atoms with Crippen molar-refractivity contribution in [2.45, 2.75) is 13.0 Å². The SMILES string of the molecule is CC(CNS(=O)(=O)C=Cc1ccccc1Cl)Oc1ccccc1. The summed E-state index contributed by atoms with van der Waals surface area (Å²) in [5.74, 6) is 0.700. The van der Waals surface area contributed by atoms with Crippen LogP contribution in [-0.2, 0) is 10.0 Å². The molecule has 0 aromatic heterocycles. The Labute approximate surface area is 141 Å². The van der Waals surface area contributed by atoms with E-state index < -0.39 is 10.0 Å². The number of nitrogens with one attached hydrogen (secondary N) is 1. The van der Waals surface area contributed by atoms with Crippen LogP contribution in [0.5, 0.6) is 5.75 Å². The highest BCUT2D eigenvalue weighted by Crippen LogP contribution is 2.16. The van der Waals surface area contributed by atoms with Crippen LogP contribution in [0, 0.1) is 0 Å². The van der Waals surface area contributed by atoms with Gasteiger partial charge in [0.15, 0.2) is 0 Å². The van der Waals surface area contributed by atoms with E-state index in [0.29, 0.717) is 16.3 Å². The first-order valence-electron chi connectivity index (χ1n) is 7.10. The summed E-state index contributed by atoms with van der Waals surface area (Å²) >= 11 is 5.98. The molecule has 0 aliphatic heterocycles. The van der Waals surface area contributed by atoms with Crippen molar-refractivity contribution in [1.82, 2.24) is 4.72 Å². The first kappa shape index (κ1) is 17.5. The molecule has 2 rings (SSSR count). The highest BCUT2D eigenvalue weighted by Gasteiger charge is 2.10. The fourth-order valence-corrected chi connectivity index (χ4v) is 2.92. The Bertz CT molecular complexity index is 760. The maximum absolute atomic E-state index is 12.0. The quantitative estimate of drug-likeness (QED) is 0.827. The van der Waals surface area contributed by atoms with Crippen molar-refractivity contribution in [2.24, 2.45) is 0 Å². The van der Waals surface area contributed by atoms with Crippen molar-refractivity contribution in [1.29, 1.82) is 0 Å². The van der Waals surface area contributed by atoms with E-state index in [0.717, 1.165) is 5.41 Å². The standard InChI is InChI=1S/C17H18ClNO3S/c1-14(22-16-8-3-2-4-9-16)13-19-23(20,21)12-11-15-7-5-6-10-17(15)18/h2-12,14,19H,13H2,1H3. The molecule has 0 bridgehead atoms. The largest absolute Gasteiger partial charge is 0.489 e. The minimum absolute atomic E-state index is 0.171. The lowest BCUT2D eigenvalue weighted by Crippen LogP contribution is -2.32. The van der Waals surface area contributed by atoms with Crippen molar-refractivity contribution >= 4 is 27.7 Å². The van der Waals surface area contributed by atoms with Crippen LogP contribution in [0.25, 0.3) is 6.08 Å². The minimum Gasteiger partial charge on any atom is -0.489 e. The van der Waals surface area contributed by atoms with E-state index in [2.05, 4.69) is 4.72 Å². The molecule has 1 unspecified atom stereocenters. The first-order chi connectivity index (χ1) is 11.0. The number of para-hydroxylation sites is 1. The zero-order valence-corrected chi connectivity index (χ0v) is 14.2. The lowest BCUT2D eigenvalue weighted by molar-refractivity contribution is 0.225. The van der Waals surface area contributed by atoms with Gasteiger partial charge in [-0.05, 0) is 36.8 Å². The smallest absolute Gasteiger partial charge is 0.233 e. The van der Waals surface area contributed by atoms with Crippen LogP contribution >= 0.6 is 11.6 Å². The molecule has 2 aromatic carbocycles. The van der Waals surface area contributed by atoms with Crippen molar-refractivity contribution in [2.75, 3.05) is 6.54 Å². The van der Waals surface area contributed by atoms with E-state index in [4.69, 9.17) is 16.3 Å². The molecular formula is C17H18ClNO3S. The number of hydrogen-bond donors (Lipinski definition) is 1. The average Bonchev–Trinajstić information content (AvgIpc) is 2.53. The zero-order chi connectivity index (χ0) is 16.7. The Kier molecular flexibility index (Phi) is 6.21. The summed E-state index contributed by atoms with van der Waals surface area (Å²) in [5.41, 5.74) is 0.646. The second-order valence-corrected chi connectivity index (χ2v) is 7.02. The number of hydrogen-bond acceptors (Lipinski definition) is 3. The lowest BCUT2D eigenvalue weighted by Gasteiger charge is -2.14. The number of ether oxygens (including phenoxy) is 1. The van der Waals surface area contributed by atoms with Crippen molar-refractivity contribution < 1.29 is 13.2 Å². The molecule has 0 radical (unpaired) electrons. The van der Waals surface area contributed by atoms with Crippen molar-refractivity contribution in [3.8, 4) is 5.75 Å². The van der Waals surface area contributed by atoms with Gasteiger partial charge in [-0.25, -0.2) is 13.1 Å². The Morgan fingerprint density at radius 3 is 2.48 bits per heavy atom. The summed E-state index contributed by atoms with van der Waals surface area (Å²) in [5, 5.41) is 1.60. The normalized spacial score (nSPS) is 13.1. The summed E-state index contributed by atoms with van der Waals surface area (Å²) in [7, 11) is -3.55. The van der Waals surface area contributed by atoms with Crippen LogP contribution in [0.3, 0.4) is 0 Å². The summed E-state index contributed by atoms with van der Waals surface area (Å²) in [6, 6.07) is 16.3. The molecule has 6 heteroatoms. The average molecular weight is 352 g/mol. The second-order valence-electron chi connectivity index (χ2n) is 4.96. The highest BCUT2D eigenvalue weighted by molar-refractivity contribution is 7.92. The lowest BCUT2D eigenvalue weighted by atomic mass is 10.2. The van der Waals surface area contributed by atoms with Crippen LogP contribution < -0.4 is 9.46 Å². The van der Waals surface area contributed by atoms with Crippen LogP contribution in [0.1, 0.15) is 12.5 Å². The van der Waals surface area contributed by atoms with Crippen LogP contribution in [-0.4, -0.2) is 21.1 Å². The number of sulfonamides is 1. The third-order valence-corrected chi connectivity index (χ3v) is 4.39. The molecule has 0 aliphatic rings. The second kappa shape index (κ2) is 8.15.